The largest absolute Gasteiger partial charge is 0.481 e. The van der Waals surface area contributed by atoms with Crippen LogP contribution in [0.1, 0.15) is 12.8 Å². The van der Waals surface area contributed by atoms with Crippen molar-refractivity contribution in [2.45, 2.75) is 12.8 Å². The number of nitrogens with zero attached hydrogens (tertiary/aromatic N) is 2. The number of pyridine rings is 1. The molecule has 0 fully saturated rings. The highest BCUT2D eigenvalue weighted by molar-refractivity contribution is 5.92. The van der Waals surface area contributed by atoms with Gasteiger partial charge in [-0.15, -0.1) is 0 Å². The number of carbonyl (C=O) groups excluding carboxylic acids is 1. The number of aliphatic carboxylic acids is 1. The van der Waals surface area contributed by atoms with Crippen LogP contribution < -0.4 is 10.9 Å². The summed E-state index contributed by atoms with van der Waals surface area (Å²) in [7, 11) is 0. The van der Waals surface area contributed by atoms with Crippen molar-refractivity contribution in [3.63, 3.8) is 0 Å². The lowest BCUT2D eigenvalue weighted by molar-refractivity contribution is -0.138. The number of carboxylic acid groups (broad SMARTS) is 1. The van der Waals surface area contributed by atoms with Crippen LogP contribution in [0.4, 0.5) is 5.69 Å². The van der Waals surface area contributed by atoms with Gasteiger partial charge in [0, 0.05) is 12.6 Å². The molecule has 0 radical (unpaired) electrons. The second kappa shape index (κ2) is 5.30. The van der Waals surface area contributed by atoms with E-state index in [1.165, 1.54) is 16.8 Å². The van der Waals surface area contributed by atoms with Crippen molar-refractivity contribution in [2.75, 3.05) is 5.32 Å². The highest BCUT2D eigenvalue weighted by atomic mass is 16.4. The zero-order chi connectivity index (χ0) is 13.8. The van der Waals surface area contributed by atoms with Gasteiger partial charge in [-0.25, -0.2) is 4.98 Å². The monoisotopic (exact) mass is 261 g/mol. The summed E-state index contributed by atoms with van der Waals surface area (Å²) >= 11 is 0. The van der Waals surface area contributed by atoms with Gasteiger partial charge in [-0.3, -0.25) is 18.8 Å². The highest BCUT2D eigenvalue weighted by Crippen LogP contribution is 2.02. The minimum Gasteiger partial charge on any atom is -0.481 e. The van der Waals surface area contributed by atoms with E-state index in [2.05, 4.69) is 10.3 Å². The minimum absolute atomic E-state index is 0.0269. The van der Waals surface area contributed by atoms with Gasteiger partial charge in [0.25, 0.3) is 5.56 Å². The number of anilines is 1. The summed E-state index contributed by atoms with van der Waals surface area (Å²) in [5.41, 5.74) is 0.0874. The lowest BCUT2D eigenvalue weighted by Crippen LogP contribution is -2.23. The van der Waals surface area contributed by atoms with Gasteiger partial charge in [-0.1, -0.05) is 6.07 Å². The Morgan fingerprint density at radius 3 is 2.84 bits per heavy atom. The highest BCUT2D eigenvalue weighted by Gasteiger charge is 2.09. The minimum atomic E-state index is -1.07. The molecule has 0 spiro atoms. The van der Waals surface area contributed by atoms with E-state index in [1.54, 1.807) is 18.2 Å². The Morgan fingerprint density at radius 2 is 2.11 bits per heavy atom. The fourth-order valence-corrected chi connectivity index (χ4v) is 1.55. The third-order valence-electron chi connectivity index (χ3n) is 2.45. The average Bonchev–Trinajstić information content (AvgIpc) is 2.40. The fourth-order valence-electron chi connectivity index (χ4n) is 1.55. The molecule has 0 aromatic carbocycles. The van der Waals surface area contributed by atoms with Crippen molar-refractivity contribution >= 4 is 23.2 Å². The normalized spacial score (nSPS) is 10.3. The van der Waals surface area contributed by atoms with Crippen molar-refractivity contribution in [2.24, 2.45) is 0 Å². The summed E-state index contributed by atoms with van der Waals surface area (Å²) in [5, 5.41) is 10.8. The van der Waals surface area contributed by atoms with E-state index in [9.17, 15) is 14.4 Å². The number of hydrogen-bond acceptors (Lipinski definition) is 4. The van der Waals surface area contributed by atoms with Crippen molar-refractivity contribution in [1.29, 1.82) is 0 Å². The number of carboxylic acids is 1. The molecule has 7 heteroatoms. The number of hydrogen-bond donors (Lipinski definition) is 2. The van der Waals surface area contributed by atoms with Crippen LogP contribution in [-0.4, -0.2) is 26.4 Å². The third-order valence-corrected chi connectivity index (χ3v) is 2.45. The van der Waals surface area contributed by atoms with Gasteiger partial charge in [0.05, 0.1) is 12.6 Å². The summed E-state index contributed by atoms with van der Waals surface area (Å²) in [5.74, 6) is -1.60. The second-order valence-corrected chi connectivity index (χ2v) is 3.85. The molecule has 19 heavy (non-hydrogen) atoms. The fraction of sp³-hybridized carbons (Fsp3) is 0.167. The van der Waals surface area contributed by atoms with Gasteiger partial charge < -0.3 is 10.4 Å². The molecule has 2 N–H and O–H groups in total. The Kier molecular flexibility index (Phi) is 3.56. The third kappa shape index (κ3) is 2.95. The van der Waals surface area contributed by atoms with Gasteiger partial charge in [0.1, 0.15) is 11.3 Å². The van der Waals surface area contributed by atoms with E-state index in [1.807, 2.05) is 0 Å². The van der Waals surface area contributed by atoms with Crippen LogP contribution in [0.25, 0.3) is 5.65 Å². The Bertz CT molecular complexity index is 693. The van der Waals surface area contributed by atoms with Crippen LogP contribution in [0.2, 0.25) is 0 Å². The topological polar surface area (TPSA) is 101 Å². The van der Waals surface area contributed by atoms with E-state index in [4.69, 9.17) is 5.11 Å². The van der Waals surface area contributed by atoms with Crippen molar-refractivity contribution in [1.82, 2.24) is 9.38 Å². The lowest BCUT2D eigenvalue weighted by Gasteiger charge is -2.05. The Balaban J connectivity index is 2.22. The molecule has 1 amide bonds. The summed E-state index contributed by atoms with van der Waals surface area (Å²) < 4.78 is 1.30. The van der Waals surface area contributed by atoms with Crippen LogP contribution >= 0.6 is 0 Å². The molecule has 0 aliphatic heterocycles. The van der Waals surface area contributed by atoms with Crippen molar-refractivity contribution in [3.05, 3.63) is 40.9 Å². The summed E-state index contributed by atoms with van der Waals surface area (Å²) in [6.45, 7) is 0. The number of aromatic nitrogens is 2. The lowest BCUT2D eigenvalue weighted by atomic mass is 10.3. The number of amides is 1. The first-order valence-electron chi connectivity index (χ1n) is 5.56. The summed E-state index contributed by atoms with van der Waals surface area (Å²) in [6.07, 6.45) is 2.33. The molecule has 2 aromatic heterocycles. The summed E-state index contributed by atoms with van der Waals surface area (Å²) in [4.78, 5) is 37.8. The molecule has 0 atom stereocenters. The SMILES string of the molecule is O=C(O)CCC(=O)Nc1cnc2ccccn2c1=O. The van der Waals surface area contributed by atoms with Crippen LogP contribution in [0, 0.1) is 0 Å². The van der Waals surface area contributed by atoms with Crippen LogP contribution in [0.3, 0.4) is 0 Å². The zero-order valence-electron chi connectivity index (χ0n) is 9.87. The standard InChI is InChI=1S/C12H11N3O4/c16-10(4-5-11(17)18)14-8-7-13-9-3-1-2-6-15(9)12(8)19/h1-3,6-7H,4-5H2,(H,14,16)(H,17,18). The first kappa shape index (κ1) is 12.7. The zero-order valence-corrected chi connectivity index (χ0v) is 9.87. The maximum absolute atomic E-state index is 12.0. The predicted octanol–water partition coefficient (Wildman–Crippen LogP) is 0.498. The number of nitrogens with one attached hydrogen (secondary N) is 1. The van der Waals surface area contributed by atoms with E-state index in [-0.39, 0.29) is 18.5 Å². The van der Waals surface area contributed by atoms with E-state index in [0.29, 0.717) is 5.65 Å². The van der Waals surface area contributed by atoms with Gasteiger partial charge in [0.15, 0.2) is 0 Å². The molecule has 7 nitrogen and oxygen atoms in total. The summed E-state index contributed by atoms with van der Waals surface area (Å²) in [6, 6.07) is 5.08. The first-order valence-corrected chi connectivity index (χ1v) is 5.56. The van der Waals surface area contributed by atoms with Crippen LogP contribution in [0.5, 0.6) is 0 Å². The molecule has 2 heterocycles. The molecule has 98 valence electrons. The maximum atomic E-state index is 12.0. The second-order valence-electron chi connectivity index (χ2n) is 3.85. The molecule has 0 unspecified atom stereocenters. The van der Waals surface area contributed by atoms with Crippen LogP contribution in [-0.2, 0) is 9.59 Å². The molecule has 0 aliphatic rings. The maximum Gasteiger partial charge on any atom is 0.303 e. The first-order chi connectivity index (χ1) is 9.08. The molecule has 0 saturated heterocycles. The Hall–Kier alpha value is -2.70. The Morgan fingerprint density at radius 1 is 1.32 bits per heavy atom. The molecular weight excluding hydrogens is 250 g/mol. The predicted molar refractivity (Wildman–Crippen MR) is 67.0 cm³/mol. The van der Waals surface area contributed by atoms with Crippen molar-refractivity contribution in [3.8, 4) is 0 Å². The van der Waals surface area contributed by atoms with Crippen molar-refractivity contribution < 1.29 is 14.7 Å². The molecule has 0 bridgehead atoms. The number of carbonyl (C=O) groups is 2. The Labute approximate surface area is 107 Å². The molecule has 2 rings (SSSR count). The molecule has 0 saturated carbocycles. The molecule has 0 aliphatic carbocycles. The van der Waals surface area contributed by atoms with E-state index < -0.39 is 17.4 Å². The molecular formula is C12H11N3O4. The average molecular weight is 261 g/mol. The van der Waals surface area contributed by atoms with Crippen LogP contribution in [0.15, 0.2) is 35.4 Å². The smallest absolute Gasteiger partial charge is 0.303 e. The van der Waals surface area contributed by atoms with Gasteiger partial charge in [0.2, 0.25) is 5.91 Å². The van der Waals surface area contributed by atoms with Gasteiger partial charge in [-0.2, -0.15) is 0 Å². The van der Waals surface area contributed by atoms with Gasteiger partial charge >= 0.3 is 5.97 Å². The number of fused-ring (bicyclic) bond motifs is 1. The number of rotatable bonds is 4. The van der Waals surface area contributed by atoms with E-state index >= 15 is 0 Å². The van der Waals surface area contributed by atoms with Gasteiger partial charge in [-0.05, 0) is 12.1 Å². The quantitative estimate of drug-likeness (QED) is 0.834. The van der Waals surface area contributed by atoms with E-state index in [0.717, 1.165) is 0 Å². The molecule has 2 aromatic rings.